The van der Waals surface area contributed by atoms with Crippen molar-refractivity contribution in [3.63, 3.8) is 0 Å². The molecule has 272 valence electrons. The van der Waals surface area contributed by atoms with E-state index in [1.54, 1.807) is 13.0 Å². The highest BCUT2D eigenvalue weighted by Gasteiger charge is 2.47. The topological polar surface area (TPSA) is 97.4 Å². The minimum Gasteiger partial charge on any atom is -0.490 e. The summed E-state index contributed by atoms with van der Waals surface area (Å²) in [6.07, 6.45) is 8.84. The van der Waals surface area contributed by atoms with E-state index in [0.29, 0.717) is 43.3 Å². The van der Waals surface area contributed by atoms with Crippen LogP contribution in [0.3, 0.4) is 0 Å². The highest BCUT2D eigenvalue weighted by molar-refractivity contribution is 7.90. The second-order valence-corrected chi connectivity index (χ2v) is 18.6. The SMILES string of the molecule is C[C@@H]1[C@@H](C)CCC[C@H](C2OCC(N3CCC3)CO2)[C@@H]2CC[C@H]2CN2C[C@@]3(CCCc4cc(Cl)ccc43)COc3ccc(cc32)C(=O)NS1(=O)=O. The number of amides is 1. The third-order valence-corrected chi connectivity index (χ3v) is 15.3. The third-order valence-electron chi connectivity index (χ3n) is 13.2. The maximum Gasteiger partial charge on any atom is 0.264 e. The van der Waals surface area contributed by atoms with Crippen molar-refractivity contribution in [2.75, 3.05) is 50.9 Å². The molecular formula is C39H52ClN3O6S. The number of sulfonamides is 1. The van der Waals surface area contributed by atoms with Gasteiger partial charge in [-0.15, -0.1) is 0 Å². The zero-order valence-electron chi connectivity index (χ0n) is 29.4. The minimum atomic E-state index is -3.90. The number of rotatable bonds is 2. The fourth-order valence-corrected chi connectivity index (χ4v) is 11.1. The lowest BCUT2D eigenvalue weighted by molar-refractivity contribution is -0.246. The summed E-state index contributed by atoms with van der Waals surface area (Å²) < 4.78 is 49.3. The zero-order chi connectivity index (χ0) is 34.6. The van der Waals surface area contributed by atoms with Gasteiger partial charge < -0.3 is 19.1 Å². The molecule has 4 heterocycles. The zero-order valence-corrected chi connectivity index (χ0v) is 31.0. The first kappa shape index (κ1) is 34.7. The Morgan fingerprint density at radius 3 is 2.50 bits per heavy atom. The Kier molecular flexibility index (Phi) is 9.63. The lowest BCUT2D eigenvalue weighted by Gasteiger charge is -2.49. The van der Waals surface area contributed by atoms with Gasteiger partial charge >= 0.3 is 0 Å². The number of benzene rings is 2. The number of hydrogen-bond donors (Lipinski definition) is 1. The third kappa shape index (κ3) is 6.57. The molecule has 9 nitrogen and oxygen atoms in total. The number of carbonyl (C=O) groups excluding carboxylic acids is 1. The molecule has 6 aliphatic rings. The number of likely N-dealkylation sites (tertiary alicyclic amines) is 1. The molecule has 0 unspecified atom stereocenters. The van der Waals surface area contributed by atoms with Gasteiger partial charge in [0.1, 0.15) is 5.75 Å². The molecule has 11 heteroatoms. The van der Waals surface area contributed by atoms with Crippen molar-refractivity contribution in [3.8, 4) is 5.75 Å². The number of aryl methyl sites for hydroxylation is 1. The predicted octanol–water partition coefficient (Wildman–Crippen LogP) is 6.17. The molecule has 2 bridgehead atoms. The average Bonchev–Trinajstić information content (AvgIpc) is 3.21. The van der Waals surface area contributed by atoms with Gasteiger partial charge in [-0.05, 0) is 131 Å². The number of fused-ring (bicyclic) bond motifs is 4. The van der Waals surface area contributed by atoms with Gasteiger partial charge in [0, 0.05) is 35.0 Å². The van der Waals surface area contributed by atoms with Crippen molar-refractivity contribution in [3.05, 3.63) is 58.1 Å². The Hall–Kier alpha value is -2.37. The lowest BCUT2D eigenvalue weighted by atomic mass is 9.64. The molecule has 2 aliphatic carbocycles. The largest absolute Gasteiger partial charge is 0.490 e. The van der Waals surface area contributed by atoms with Gasteiger partial charge in [0.25, 0.3) is 5.91 Å². The summed E-state index contributed by atoms with van der Waals surface area (Å²) in [5, 5.41) is 0.0405. The van der Waals surface area contributed by atoms with E-state index < -0.39 is 21.2 Å². The second-order valence-electron chi connectivity index (χ2n) is 16.1. The predicted molar refractivity (Wildman–Crippen MR) is 194 cm³/mol. The van der Waals surface area contributed by atoms with Crippen LogP contribution < -0.4 is 14.4 Å². The number of nitrogens with one attached hydrogen (secondary N) is 1. The van der Waals surface area contributed by atoms with Crippen LogP contribution in [-0.2, 0) is 31.3 Å². The van der Waals surface area contributed by atoms with E-state index in [0.717, 1.165) is 94.0 Å². The fourth-order valence-electron chi connectivity index (χ4n) is 9.64. The molecule has 8 rings (SSSR count). The van der Waals surface area contributed by atoms with Crippen molar-refractivity contribution < 1.29 is 27.4 Å². The number of hydrogen-bond acceptors (Lipinski definition) is 8. The lowest BCUT2D eigenvalue weighted by Crippen LogP contribution is -2.55. The monoisotopic (exact) mass is 725 g/mol. The van der Waals surface area contributed by atoms with Crippen LogP contribution in [0.5, 0.6) is 5.75 Å². The Balaban J connectivity index is 1.15. The number of halogens is 1. The van der Waals surface area contributed by atoms with Crippen LogP contribution in [0.15, 0.2) is 36.4 Å². The second kappa shape index (κ2) is 13.9. The quantitative estimate of drug-likeness (QED) is 0.393. The van der Waals surface area contributed by atoms with Gasteiger partial charge in [0.2, 0.25) is 10.0 Å². The van der Waals surface area contributed by atoms with E-state index in [4.69, 9.17) is 25.8 Å². The van der Waals surface area contributed by atoms with Crippen LogP contribution in [0.1, 0.15) is 86.7 Å². The molecule has 6 atom stereocenters. The van der Waals surface area contributed by atoms with E-state index in [2.05, 4.69) is 26.7 Å². The summed E-state index contributed by atoms with van der Waals surface area (Å²) in [5.74, 6) is 1.11. The van der Waals surface area contributed by atoms with Gasteiger partial charge in [0.15, 0.2) is 6.29 Å². The first-order valence-electron chi connectivity index (χ1n) is 18.9. The number of carbonyl (C=O) groups is 1. The Morgan fingerprint density at radius 1 is 0.940 bits per heavy atom. The van der Waals surface area contributed by atoms with Crippen LogP contribution in [-0.4, -0.2) is 82.8 Å². The molecule has 4 aliphatic heterocycles. The first-order chi connectivity index (χ1) is 24.1. The number of ether oxygens (including phenoxy) is 3. The van der Waals surface area contributed by atoms with Gasteiger partial charge in [0.05, 0.1) is 36.8 Å². The van der Waals surface area contributed by atoms with E-state index >= 15 is 0 Å². The summed E-state index contributed by atoms with van der Waals surface area (Å²) in [4.78, 5) is 18.5. The summed E-state index contributed by atoms with van der Waals surface area (Å²) in [5.41, 5.74) is 3.51. The standard InChI is InChI=1S/C39H52ClN3O6S/c1-25-6-3-8-33(38-47-21-31(22-48-38)42-16-5-17-42)32-12-9-29(32)20-43-23-39(15-4-7-27-18-30(40)11-13-34(27)39)24-49-36-14-10-28(19-35(36)43)37(44)41-50(45,46)26(25)2/h10-11,13-14,18-19,25-26,29,31-33,38H,3-9,12,15-17,20-24H2,1-2H3,(H,41,44)/t25-,26+,29-,31?,32+,33-,38?,39-/m0/s1. The van der Waals surface area contributed by atoms with E-state index in [-0.39, 0.29) is 23.5 Å². The molecule has 2 saturated heterocycles. The van der Waals surface area contributed by atoms with Crippen molar-refractivity contribution in [1.29, 1.82) is 0 Å². The van der Waals surface area contributed by atoms with Crippen molar-refractivity contribution >= 4 is 33.2 Å². The van der Waals surface area contributed by atoms with E-state index in [9.17, 15) is 13.2 Å². The number of nitrogens with zero attached hydrogens (tertiary/aromatic N) is 2. The molecule has 1 spiro atoms. The molecule has 2 aromatic rings. The van der Waals surface area contributed by atoms with Crippen molar-refractivity contribution in [1.82, 2.24) is 9.62 Å². The molecule has 0 aromatic heterocycles. The highest BCUT2D eigenvalue weighted by atomic mass is 35.5. The molecular weight excluding hydrogens is 674 g/mol. The Morgan fingerprint density at radius 2 is 1.76 bits per heavy atom. The summed E-state index contributed by atoms with van der Waals surface area (Å²) in [6, 6.07) is 12.0. The van der Waals surface area contributed by atoms with E-state index in [1.165, 1.54) is 17.5 Å². The molecule has 0 radical (unpaired) electrons. The first-order valence-corrected chi connectivity index (χ1v) is 20.9. The van der Waals surface area contributed by atoms with Gasteiger partial charge in [-0.1, -0.05) is 31.0 Å². The highest BCUT2D eigenvalue weighted by Crippen LogP contribution is 2.49. The maximum atomic E-state index is 13.6. The number of anilines is 1. The summed E-state index contributed by atoms with van der Waals surface area (Å²) in [6.45, 7) is 9.44. The molecule has 50 heavy (non-hydrogen) atoms. The van der Waals surface area contributed by atoms with Crippen LogP contribution in [0.25, 0.3) is 0 Å². The van der Waals surface area contributed by atoms with Crippen LogP contribution in [0, 0.1) is 23.7 Å². The van der Waals surface area contributed by atoms with E-state index in [1.807, 2.05) is 25.1 Å². The maximum absolute atomic E-state index is 13.6. The van der Waals surface area contributed by atoms with Gasteiger partial charge in [-0.3, -0.25) is 9.69 Å². The molecule has 1 amide bonds. The Labute approximate surface area is 302 Å². The molecule has 2 aromatic carbocycles. The summed E-state index contributed by atoms with van der Waals surface area (Å²) >= 11 is 6.48. The molecule has 3 fully saturated rings. The van der Waals surface area contributed by atoms with Gasteiger partial charge in [-0.25, -0.2) is 13.1 Å². The van der Waals surface area contributed by atoms with Crippen LogP contribution in [0.4, 0.5) is 5.69 Å². The average molecular weight is 726 g/mol. The summed E-state index contributed by atoms with van der Waals surface area (Å²) in [7, 11) is -3.90. The van der Waals surface area contributed by atoms with Crippen LogP contribution >= 0.6 is 11.6 Å². The van der Waals surface area contributed by atoms with Crippen LogP contribution in [0.2, 0.25) is 5.02 Å². The Bertz CT molecular complexity index is 1690. The smallest absolute Gasteiger partial charge is 0.264 e. The molecule has 1 saturated carbocycles. The fraction of sp³-hybridized carbons (Fsp3) is 0.667. The minimum absolute atomic E-state index is 0.115. The van der Waals surface area contributed by atoms with Crippen molar-refractivity contribution in [2.45, 2.75) is 94.6 Å². The molecule has 1 N–H and O–H groups in total. The normalized spacial score (nSPS) is 36.1. The van der Waals surface area contributed by atoms with Gasteiger partial charge in [-0.2, -0.15) is 0 Å². The van der Waals surface area contributed by atoms with Crippen molar-refractivity contribution in [2.24, 2.45) is 23.7 Å².